The fourth-order valence-electron chi connectivity index (χ4n) is 2.25. The molecule has 1 aliphatic rings. The van der Waals surface area contributed by atoms with Crippen molar-refractivity contribution >= 4 is 0 Å². The Hall–Kier alpha value is -2.11. The van der Waals surface area contributed by atoms with Gasteiger partial charge in [-0.3, -0.25) is 4.98 Å². The predicted molar refractivity (Wildman–Crippen MR) is 78.3 cm³/mol. The zero-order valence-corrected chi connectivity index (χ0v) is 11.7. The number of pyridine rings is 1. The van der Waals surface area contributed by atoms with Crippen LogP contribution in [0.4, 0.5) is 0 Å². The molecule has 1 unspecified atom stereocenters. The second-order valence-electron chi connectivity index (χ2n) is 4.91. The Morgan fingerprint density at radius 2 is 1.86 bits per heavy atom. The van der Waals surface area contributed by atoms with E-state index in [4.69, 9.17) is 9.47 Å². The maximum atomic E-state index is 10.1. The second-order valence-corrected chi connectivity index (χ2v) is 4.91. The first-order valence-corrected chi connectivity index (χ1v) is 7.00. The van der Waals surface area contributed by atoms with Crippen LogP contribution in [0.5, 0.6) is 11.5 Å². The van der Waals surface area contributed by atoms with Crippen molar-refractivity contribution in [3.8, 4) is 11.5 Å². The molecule has 0 radical (unpaired) electrons. The van der Waals surface area contributed by atoms with Gasteiger partial charge in [-0.1, -0.05) is 6.07 Å². The average Bonchev–Trinajstić information content (AvgIpc) is 2.55. The number of aliphatic hydroxyl groups excluding tert-OH is 1. The van der Waals surface area contributed by atoms with Gasteiger partial charge in [0.2, 0.25) is 0 Å². The van der Waals surface area contributed by atoms with E-state index in [1.54, 1.807) is 12.4 Å². The van der Waals surface area contributed by atoms with Gasteiger partial charge < -0.3 is 19.9 Å². The summed E-state index contributed by atoms with van der Waals surface area (Å²) in [6.45, 7) is 2.34. The highest BCUT2D eigenvalue weighted by molar-refractivity contribution is 5.43. The van der Waals surface area contributed by atoms with Crippen LogP contribution in [0.25, 0.3) is 0 Å². The quantitative estimate of drug-likeness (QED) is 0.875. The molecule has 0 bridgehead atoms. The van der Waals surface area contributed by atoms with Crippen molar-refractivity contribution in [2.45, 2.75) is 12.6 Å². The summed E-state index contributed by atoms with van der Waals surface area (Å²) in [7, 11) is 0. The molecule has 0 spiro atoms. The van der Waals surface area contributed by atoms with Crippen molar-refractivity contribution in [1.29, 1.82) is 0 Å². The van der Waals surface area contributed by atoms with Crippen LogP contribution >= 0.6 is 0 Å². The van der Waals surface area contributed by atoms with E-state index in [9.17, 15) is 5.11 Å². The largest absolute Gasteiger partial charge is 0.486 e. The summed E-state index contributed by atoms with van der Waals surface area (Å²) in [6.07, 6.45) is 2.82. The first-order chi connectivity index (χ1) is 10.3. The highest BCUT2D eigenvalue weighted by Gasteiger charge is 2.12. The Kier molecular flexibility index (Phi) is 4.33. The van der Waals surface area contributed by atoms with Gasteiger partial charge in [-0.15, -0.1) is 0 Å². The highest BCUT2D eigenvalue weighted by atomic mass is 16.6. The molecule has 1 aromatic heterocycles. The molecule has 1 atom stereocenters. The van der Waals surface area contributed by atoms with Crippen molar-refractivity contribution in [2.75, 3.05) is 19.8 Å². The van der Waals surface area contributed by atoms with Gasteiger partial charge in [0, 0.05) is 25.5 Å². The van der Waals surface area contributed by atoms with Gasteiger partial charge in [-0.05, 0) is 35.4 Å². The van der Waals surface area contributed by atoms with E-state index in [-0.39, 0.29) is 0 Å². The van der Waals surface area contributed by atoms with Crippen LogP contribution in [-0.2, 0) is 6.54 Å². The normalized spacial score (nSPS) is 14.7. The molecule has 5 heteroatoms. The predicted octanol–water partition coefficient (Wildman–Crippen LogP) is 1.68. The highest BCUT2D eigenvalue weighted by Crippen LogP contribution is 2.30. The molecule has 21 heavy (non-hydrogen) atoms. The molecule has 0 fully saturated rings. The topological polar surface area (TPSA) is 63.6 Å². The van der Waals surface area contributed by atoms with Crippen molar-refractivity contribution in [2.24, 2.45) is 0 Å². The van der Waals surface area contributed by atoms with Crippen molar-refractivity contribution in [1.82, 2.24) is 10.3 Å². The molecule has 2 heterocycles. The van der Waals surface area contributed by atoms with Gasteiger partial charge in [0.1, 0.15) is 13.2 Å². The lowest BCUT2D eigenvalue weighted by molar-refractivity contribution is 0.170. The molecular formula is C16H18N2O3. The Morgan fingerprint density at radius 1 is 1.10 bits per heavy atom. The number of nitrogens with one attached hydrogen (secondary N) is 1. The summed E-state index contributed by atoms with van der Waals surface area (Å²) in [4.78, 5) is 3.94. The van der Waals surface area contributed by atoms with E-state index in [0.717, 1.165) is 22.6 Å². The number of aliphatic hydroxyl groups is 1. The van der Waals surface area contributed by atoms with Gasteiger partial charge in [-0.2, -0.15) is 0 Å². The molecule has 0 amide bonds. The monoisotopic (exact) mass is 286 g/mol. The van der Waals surface area contributed by atoms with Crippen LogP contribution in [0, 0.1) is 0 Å². The SMILES string of the molecule is OC(CNCc1ccc2c(c1)OCCO2)c1ccncc1. The van der Waals surface area contributed by atoms with Crippen LogP contribution in [0.15, 0.2) is 42.7 Å². The summed E-state index contributed by atoms with van der Waals surface area (Å²) >= 11 is 0. The summed E-state index contributed by atoms with van der Waals surface area (Å²) in [6, 6.07) is 9.53. The van der Waals surface area contributed by atoms with E-state index >= 15 is 0 Å². The average molecular weight is 286 g/mol. The molecule has 0 saturated heterocycles. The number of nitrogens with zero attached hydrogens (tertiary/aromatic N) is 1. The molecule has 2 N–H and O–H groups in total. The minimum Gasteiger partial charge on any atom is -0.486 e. The lowest BCUT2D eigenvalue weighted by Crippen LogP contribution is -2.21. The first-order valence-electron chi connectivity index (χ1n) is 7.00. The zero-order chi connectivity index (χ0) is 14.5. The molecule has 2 aromatic rings. The Morgan fingerprint density at radius 3 is 2.67 bits per heavy atom. The molecule has 110 valence electrons. The van der Waals surface area contributed by atoms with Crippen molar-refractivity contribution < 1.29 is 14.6 Å². The maximum Gasteiger partial charge on any atom is 0.161 e. The maximum absolute atomic E-state index is 10.1. The fraction of sp³-hybridized carbons (Fsp3) is 0.312. The molecule has 1 aromatic carbocycles. The minimum atomic E-state index is -0.537. The van der Waals surface area contributed by atoms with Crippen LogP contribution in [-0.4, -0.2) is 29.8 Å². The van der Waals surface area contributed by atoms with Crippen LogP contribution in [0.3, 0.4) is 0 Å². The molecule has 5 nitrogen and oxygen atoms in total. The fourth-order valence-corrected chi connectivity index (χ4v) is 2.25. The third-order valence-electron chi connectivity index (χ3n) is 3.36. The Labute approximate surface area is 123 Å². The van der Waals surface area contributed by atoms with E-state index in [1.165, 1.54) is 0 Å². The van der Waals surface area contributed by atoms with Gasteiger partial charge in [0.15, 0.2) is 11.5 Å². The zero-order valence-electron chi connectivity index (χ0n) is 11.7. The number of ether oxygens (including phenoxy) is 2. The molecule has 0 saturated carbocycles. The molecular weight excluding hydrogens is 268 g/mol. The van der Waals surface area contributed by atoms with Crippen LogP contribution < -0.4 is 14.8 Å². The van der Waals surface area contributed by atoms with E-state index in [1.807, 2.05) is 30.3 Å². The van der Waals surface area contributed by atoms with Crippen molar-refractivity contribution in [3.63, 3.8) is 0 Å². The lowest BCUT2D eigenvalue weighted by atomic mass is 10.1. The number of hydrogen-bond donors (Lipinski definition) is 2. The van der Waals surface area contributed by atoms with Gasteiger partial charge >= 0.3 is 0 Å². The van der Waals surface area contributed by atoms with Crippen molar-refractivity contribution in [3.05, 3.63) is 53.9 Å². The third-order valence-corrected chi connectivity index (χ3v) is 3.36. The second kappa shape index (κ2) is 6.56. The van der Waals surface area contributed by atoms with Gasteiger partial charge in [0.25, 0.3) is 0 Å². The lowest BCUT2D eigenvalue weighted by Gasteiger charge is -2.19. The molecule has 0 aliphatic carbocycles. The Balaban J connectivity index is 1.53. The smallest absolute Gasteiger partial charge is 0.161 e. The van der Waals surface area contributed by atoms with E-state index in [2.05, 4.69) is 10.3 Å². The van der Waals surface area contributed by atoms with E-state index < -0.39 is 6.10 Å². The van der Waals surface area contributed by atoms with E-state index in [0.29, 0.717) is 26.3 Å². The van der Waals surface area contributed by atoms with Gasteiger partial charge in [-0.25, -0.2) is 0 Å². The number of aromatic nitrogens is 1. The number of benzene rings is 1. The first kappa shape index (κ1) is 13.9. The van der Waals surface area contributed by atoms with Gasteiger partial charge in [0.05, 0.1) is 6.10 Å². The molecule has 3 rings (SSSR count). The number of fused-ring (bicyclic) bond motifs is 1. The summed E-state index contributed by atoms with van der Waals surface area (Å²) in [5.74, 6) is 1.58. The Bertz CT molecular complexity index is 589. The van der Waals surface area contributed by atoms with Crippen LogP contribution in [0.1, 0.15) is 17.2 Å². The number of hydrogen-bond acceptors (Lipinski definition) is 5. The summed E-state index contributed by atoms with van der Waals surface area (Å²) in [5, 5.41) is 13.3. The standard InChI is InChI=1S/C16H18N2O3/c19-14(13-3-5-17-6-4-13)11-18-10-12-1-2-15-16(9-12)21-8-7-20-15/h1-6,9,14,18-19H,7-8,10-11H2. The summed E-state index contributed by atoms with van der Waals surface area (Å²) in [5.41, 5.74) is 1.96. The summed E-state index contributed by atoms with van der Waals surface area (Å²) < 4.78 is 11.0. The minimum absolute atomic E-state index is 0.485. The third kappa shape index (κ3) is 3.51. The number of rotatable bonds is 5. The van der Waals surface area contributed by atoms with Crippen LogP contribution in [0.2, 0.25) is 0 Å². The molecule has 1 aliphatic heterocycles.